The van der Waals surface area contributed by atoms with Crippen LogP contribution in [-0.4, -0.2) is 40.3 Å². The van der Waals surface area contributed by atoms with E-state index in [1.165, 1.54) is 17.0 Å². The molecule has 4 rings (SSSR count). The zero-order valence-corrected chi connectivity index (χ0v) is 18.3. The molecule has 1 atom stereocenters. The molecule has 0 spiro atoms. The summed E-state index contributed by atoms with van der Waals surface area (Å²) in [4.78, 5) is 31.8. The fraction of sp³-hybridized carbons (Fsp3) is 0.192. The number of aryl methyl sites for hydroxylation is 1. The van der Waals surface area contributed by atoms with Gasteiger partial charge >= 0.3 is 0 Å². The van der Waals surface area contributed by atoms with Crippen molar-refractivity contribution in [1.82, 2.24) is 9.88 Å². The summed E-state index contributed by atoms with van der Waals surface area (Å²) in [5, 5.41) is 11.1. The Hall–Kier alpha value is -4.00. The number of pyridine rings is 1. The summed E-state index contributed by atoms with van der Waals surface area (Å²) >= 11 is 0. The van der Waals surface area contributed by atoms with E-state index in [-0.39, 0.29) is 23.7 Å². The maximum atomic E-state index is 13.2. The number of hydrogen-bond acceptors (Lipinski definition) is 5. The van der Waals surface area contributed by atoms with Crippen molar-refractivity contribution in [2.45, 2.75) is 19.4 Å². The van der Waals surface area contributed by atoms with Crippen molar-refractivity contribution in [3.05, 3.63) is 101 Å². The number of likely N-dealkylation sites (tertiary alicyclic amines) is 1. The Morgan fingerprint density at radius 3 is 2.52 bits per heavy atom. The first-order chi connectivity index (χ1) is 15.9. The van der Waals surface area contributed by atoms with Gasteiger partial charge in [0.25, 0.3) is 11.7 Å². The van der Waals surface area contributed by atoms with Crippen molar-refractivity contribution >= 4 is 17.4 Å². The molecule has 1 saturated heterocycles. The highest BCUT2D eigenvalue weighted by molar-refractivity contribution is 6.46. The second kappa shape index (κ2) is 9.24. The summed E-state index contributed by atoms with van der Waals surface area (Å²) < 4.78 is 18.5. The number of carbonyl (C=O) groups excluding carboxylic acids is 2. The van der Waals surface area contributed by atoms with Gasteiger partial charge < -0.3 is 14.7 Å². The molecular weight excluding hydrogens is 423 g/mol. The van der Waals surface area contributed by atoms with Gasteiger partial charge in [-0.1, -0.05) is 18.2 Å². The molecule has 1 fully saturated rings. The van der Waals surface area contributed by atoms with Crippen LogP contribution in [0.1, 0.15) is 28.4 Å². The van der Waals surface area contributed by atoms with Crippen molar-refractivity contribution in [2.75, 3.05) is 13.7 Å². The van der Waals surface area contributed by atoms with Gasteiger partial charge in [-0.15, -0.1) is 0 Å². The number of ether oxygens (including phenoxy) is 1. The molecule has 6 nitrogen and oxygen atoms in total. The maximum absolute atomic E-state index is 13.2. The van der Waals surface area contributed by atoms with Crippen LogP contribution in [0, 0.1) is 12.7 Å². The normalized spacial score (nSPS) is 17.4. The lowest BCUT2D eigenvalue weighted by Crippen LogP contribution is -2.32. The molecule has 33 heavy (non-hydrogen) atoms. The van der Waals surface area contributed by atoms with Crippen LogP contribution in [0.5, 0.6) is 5.75 Å². The number of aliphatic hydroxyl groups excluding tert-OH is 1. The molecule has 1 amide bonds. The molecule has 1 aliphatic rings. The quantitative estimate of drug-likeness (QED) is 0.349. The van der Waals surface area contributed by atoms with Crippen LogP contribution in [0.3, 0.4) is 0 Å². The number of ketones is 1. The summed E-state index contributed by atoms with van der Waals surface area (Å²) in [7, 11) is 1.55. The zero-order chi connectivity index (χ0) is 23.5. The summed E-state index contributed by atoms with van der Waals surface area (Å²) in [6, 6.07) is 15.4. The third kappa shape index (κ3) is 4.35. The molecule has 7 heteroatoms. The van der Waals surface area contributed by atoms with Crippen molar-refractivity contribution < 1.29 is 23.8 Å². The molecule has 2 heterocycles. The molecule has 1 N–H and O–H groups in total. The fourth-order valence-electron chi connectivity index (χ4n) is 4.04. The number of carbonyl (C=O) groups is 2. The van der Waals surface area contributed by atoms with Crippen molar-refractivity contribution in [2.24, 2.45) is 0 Å². The lowest BCUT2D eigenvalue weighted by atomic mass is 9.97. The topological polar surface area (TPSA) is 79.7 Å². The highest BCUT2D eigenvalue weighted by atomic mass is 19.1. The number of hydrogen-bond donors (Lipinski definition) is 1. The van der Waals surface area contributed by atoms with E-state index in [0.717, 1.165) is 11.1 Å². The predicted molar refractivity (Wildman–Crippen MR) is 121 cm³/mol. The number of nitrogens with zero attached hydrogens (tertiary/aromatic N) is 2. The number of aliphatic hydroxyl groups is 1. The van der Waals surface area contributed by atoms with Crippen molar-refractivity contribution in [3.8, 4) is 5.75 Å². The van der Waals surface area contributed by atoms with Gasteiger partial charge in [0.05, 0.1) is 18.4 Å². The lowest BCUT2D eigenvalue weighted by molar-refractivity contribution is -0.139. The number of amides is 1. The van der Waals surface area contributed by atoms with Gasteiger partial charge in [0.2, 0.25) is 0 Å². The van der Waals surface area contributed by atoms with E-state index in [1.807, 2.05) is 6.92 Å². The standard InChI is InChI=1S/C26H23FN2O4/c1-16-15-18(8-11-21(16)33-2)24(30)22-23(20-5-3-4-13-28-20)29(26(32)25(22)31)14-12-17-6-9-19(27)10-7-17/h3-11,13,15,23,30H,12,14H2,1-2H3/b24-22-. The molecule has 3 aromatic rings. The number of Topliss-reactive ketones (excluding diaryl/α,β-unsaturated/α-hetero) is 1. The van der Waals surface area contributed by atoms with Crippen LogP contribution < -0.4 is 4.74 Å². The van der Waals surface area contributed by atoms with E-state index < -0.39 is 17.7 Å². The smallest absolute Gasteiger partial charge is 0.295 e. The van der Waals surface area contributed by atoms with Crippen LogP contribution in [0.4, 0.5) is 4.39 Å². The number of aromatic nitrogens is 1. The first-order valence-electron chi connectivity index (χ1n) is 10.5. The molecule has 0 aliphatic carbocycles. The predicted octanol–water partition coefficient (Wildman–Crippen LogP) is 4.20. The zero-order valence-electron chi connectivity index (χ0n) is 18.3. The minimum Gasteiger partial charge on any atom is -0.507 e. The van der Waals surface area contributed by atoms with Crippen LogP contribution in [0.25, 0.3) is 5.76 Å². The highest BCUT2D eigenvalue weighted by Gasteiger charge is 2.46. The van der Waals surface area contributed by atoms with Gasteiger partial charge in [-0.25, -0.2) is 4.39 Å². The average molecular weight is 446 g/mol. The maximum Gasteiger partial charge on any atom is 0.295 e. The van der Waals surface area contributed by atoms with Gasteiger partial charge in [0.1, 0.15) is 23.4 Å². The fourth-order valence-corrected chi connectivity index (χ4v) is 4.04. The van der Waals surface area contributed by atoms with E-state index in [0.29, 0.717) is 23.4 Å². The Bertz CT molecular complexity index is 1220. The molecular formula is C26H23FN2O4. The van der Waals surface area contributed by atoms with E-state index in [4.69, 9.17) is 4.74 Å². The van der Waals surface area contributed by atoms with E-state index in [9.17, 15) is 19.1 Å². The minimum atomic E-state index is -0.839. The van der Waals surface area contributed by atoms with E-state index in [2.05, 4.69) is 4.98 Å². The summed E-state index contributed by atoms with van der Waals surface area (Å²) in [5.74, 6) is -1.44. The molecule has 1 aliphatic heterocycles. The van der Waals surface area contributed by atoms with Crippen LogP contribution in [0.15, 0.2) is 72.4 Å². The molecule has 168 valence electrons. The Balaban J connectivity index is 1.76. The SMILES string of the molecule is COc1ccc(/C(O)=C2/C(=O)C(=O)N(CCc3ccc(F)cc3)C2c2ccccn2)cc1C. The van der Waals surface area contributed by atoms with Crippen LogP contribution in [0.2, 0.25) is 0 Å². The molecule has 1 unspecified atom stereocenters. The second-order valence-corrected chi connectivity index (χ2v) is 7.81. The van der Waals surface area contributed by atoms with E-state index in [1.54, 1.807) is 61.8 Å². The number of halogens is 1. The Kier molecular flexibility index (Phi) is 6.22. The van der Waals surface area contributed by atoms with Crippen molar-refractivity contribution in [1.29, 1.82) is 0 Å². The lowest BCUT2D eigenvalue weighted by Gasteiger charge is -2.24. The summed E-state index contributed by atoms with van der Waals surface area (Å²) in [6.45, 7) is 2.03. The Morgan fingerprint density at radius 1 is 1.12 bits per heavy atom. The van der Waals surface area contributed by atoms with Crippen molar-refractivity contribution in [3.63, 3.8) is 0 Å². The summed E-state index contributed by atoms with van der Waals surface area (Å²) in [6.07, 6.45) is 1.99. The summed E-state index contributed by atoms with van der Waals surface area (Å²) in [5.41, 5.74) is 2.47. The first kappa shape index (κ1) is 22.2. The van der Waals surface area contributed by atoms with E-state index >= 15 is 0 Å². The Labute approximate surface area is 191 Å². The monoisotopic (exact) mass is 446 g/mol. The van der Waals surface area contributed by atoms with Gasteiger partial charge in [-0.05, 0) is 66.9 Å². The van der Waals surface area contributed by atoms with Gasteiger partial charge in [-0.3, -0.25) is 14.6 Å². The average Bonchev–Trinajstić information content (AvgIpc) is 3.08. The highest BCUT2D eigenvalue weighted by Crippen LogP contribution is 2.39. The third-order valence-corrected chi connectivity index (χ3v) is 5.73. The first-order valence-corrected chi connectivity index (χ1v) is 10.5. The second-order valence-electron chi connectivity index (χ2n) is 7.81. The van der Waals surface area contributed by atoms with Crippen LogP contribution >= 0.6 is 0 Å². The number of methoxy groups -OCH3 is 1. The molecule has 0 saturated carbocycles. The molecule has 0 bridgehead atoms. The van der Waals surface area contributed by atoms with Gasteiger partial charge in [0, 0.05) is 18.3 Å². The molecule has 0 radical (unpaired) electrons. The van der Waals surface area contributed by atoms with Gasteiger partial charge in [-0.2, -0.15) is 0 Å². The van der Waals surface area contributed by atoms with Gasteiger partial charge in [0.15, 0.2) is 0 Å². The Morgan fingerprint density at radius 2 is 1.88 bits per heavy atom. The number of rotatable bonds is 6. The molecule has 1 aromatic heterocycles. The largest absolute Gasteiger partial charge is 0.507 e. The third-order valence-electron chi connectivity index (χ3n) is 5.73. The minimum absolute atomic E-state index is 0.0117. The number of benzene rings is 2. The van der Waals surface area contributed by atoms with Crippen LogP contribution in [-0.2, 0) is 16.0 Å². The molecule has 2 aromatic carbocycles.